The van der Waals surface area contributed by atoms with Crippen molar-refractivity contribution in [3.05, 3.63) is 66.0 Å². The molecule has 0 bridgehead atoms. The fourth-order valence-corrected chi connectivity index (χ4v) is 3.22. The number of hydrogen-bond acceptors (Lipinski definition) is 5. The Morgan fingerprint density at radius 3 is 2.59 bits per heavy atom. The zero-order chi connectivity index (χ0) is 23.2. The first-order valence-electron chi connectivity index (χ1n) is 10.9. The minimum atomic E-state index is -0.960. The van der Waals surface area contributed by atoms with E-state index in [-0.39, 0.29) is 0 Å². The molecule has 1 N–H and O–H groups in total. The predicted molar refractivity (Wildman–Crippen MR) is 123 cm³/mol. The summed E-state index contributed by atoms with van der Waals surface area (Å²) < 4.78 is 22.5. The monoisotopic (exact) mass is 440 g/mol. The molecule has 32 heavy (non-hydrogen) atoms. The van der Waals surface area contributed by atoms with E-state index in [2.05, 4.69) is 11.8 Å². The molecule has 0 aromatic heterocycles. The Bertz CT molecular complexity index is 872. The van der Waals surface area contributed by atoms with Crippen LogP contribution in [0, 0.1) is 11.8 Å². The molecule has 0 aliphatic heterocycles. The molecule has 0 saturated carbocycles. The van der Waals surface area contributed by atoms with Crippen molar-refractivity contribution >= 4 is 5.97 Å². The second-order valence-electron chi connectivity index (χ2n) is 7.04. The van der Waals surface area contributed by atoms with Crippen molar-refractivity contribution in [3.8, 4) is 17.6 Å². The van der Waals surface area contributed by atoms with E-state index in [9.17, 15) is 9.90 Å². The van der Waals surface area contributed by atoms with Crippen molar-refractivity contribution < 1.29 is 28.8 Å². The number of hydrogen-bond donors (Lipinski definition) is 1. The van der Waals surface area contributed by atoms with Crippen molar-refractivity contribution in [2.45, 2.75) is 45.3 Å². The zero-order valence-electron chi connectivity index (χ0n) is 19.0. The van der Waals surface area contributed by atoms with Crippen LogP contribution in [0.5, 0.6) is 5.75 Å². The van der Waals surface area contributed by atoms with Crippen molar-refractivity contribution in [1.29, 1.82) is 0 Å². The molecule has 0 heterocycles. The first-order chi connectivity index (χ1) is 15.5. The highest BCUT2D eigenvalue weighted by Crippen LogP contribution is 2.27. The molecule has 1 aliphatic rings. The second-order valence-corrected chi connectivity index (χ2v) is 7.04. The van der Waals surface area contributed by atoms with Gasteiger partial charge in [-0.3, -0.25) is 0 Å². The molecule has 1 aromatic rings. The lowest BCUT2D eigenvalue weighted by molar-refractivity contribution is -0.149. The highest BCUT2D eigenvalue weighted by molar-refractivity contribution is 5.72. The van der Waals surface area contributed by atoms with Crippen molar-refractivity contribution in [2.75, 3.05) is 26.4 Å². The van der Waals surface area contributed by atoms with Gasteiger partial charge in [-0.25, -0.2) is 4.79 Å². The third-order valence-corrected chi connectivity index (χ3v) is 4.63. The molecule has 1 aromatic carbocycles. The lowest BCUT2D eigenvalue weighted by atomic mass is 9.94. The molecule has 2 atom stereocenters. The number of benzene rings is 1. The molecule has 2 rings (SSSR count). The van der Waals surface area contributed by atoms with Crippen LogP contribution < -0.4 is 4.74 Å². The van der Waals surface area contributed by atoms with Gasteiger partial charge in [0.15, 0.2) is 11.7 Å². The van der Waals surface area contributed by atoms with Gasteiger partial charge in [-0.05, 0) is 62.8 Å². The third kappa shape index (κ3) is 8.26. The summed E-state index contributed by atoms with van der Waals surface area (Å²) in [6, 6.07) is 7.33. The average molecular weight is 441 g/mol. The summed E-state index contributed by atoms with van der Waals surface area (Å²) in [7, 11) is 0. The zero-order valence-corrected chi connectivity index (χ0v) is 19.0. The van der Waals surface area contributed by atoms with Crippen molar-refractivity contribution in [1.82, 2.24) is 0 Å². The average Bonchev–Trinajstić information content (AvgIpc) is 2.77. The molecule has 6 heteroatoms. The summed E-state index contributed by atoms with van der Waals surface area (Å²) in [6.07, 6.45) is 9.46. The third-order valence-electron chi connectivity index (χ3n) is 4.63. The van der Waals surface area contributed by atoms with Gasteiger partial charge in [0.05, 0.1) is 6.61 Å². The van der Waals surface area contributed by atoms with Gasteiger partial charge in [0.25, 0.3) is 0 Å². The van der Waals surface area contributed by atoms with Gasteiger partial charge >= 0.3 is 5.97 Å². The largest absolute Gasteiger partial charge is 0.498 e. The molecule has 0 amide bonds. The van der Waals surface area contributed by atoms with E-state index in [1.165, 1.54) is 0 Å². The first kappa shape index (κ1) is 25.3. The Morgan fingerprint density at radius 2 is 1.94 bits per heavy atom. The van der Waals surface area contributed by atoms with Crippen molar-refractivity contribution in [2.24, 2.45) is 0 Å². The summed E-state index contributed by atoms with van der Waals surface area (Å²) >= 11 is 0. The van der Waals surface area contributed by atoms with Crippen LogP contribution in [0.25, 0.3) is 0 Å². The number of carbonyl (C=O) groups is 1. The second kappa shape index (κ2) is 13.4. The summed E-state index contributed by atoms with van der Waals surface area (Å²) in [6.45, 7) is 7.58. The molecular weight excluding hydrogens is 408 g/mol. The Hall–Kier alpha value is -3.01. The minimum absolute atomic E-state index is 0.315. The van der Waals surface area contributed by atoms with Crippen LogP contribution in [0.2, 0.25) is 0 Å². The highest BCUT2D eigenvalue weighted by atomic mass is 16.5. The normalized spacial score (nSPS) is 18.5. The number of allylic oxidation sites excluding steroid dienone is 3. The lowest BCUT2D eigenvalue weighted by Crippen LogP contribution is -2.31. The number of carboxylic acid groups (broad SMARTS) is 1. The van der Waals surface area contributed by atoms with Gasteiger partial charge in [0.1, 0.15) is 18.1 Å². The molecule has 0 saturated heterocycles. The topological polar surface area (TPSA) is 74.2 Å². The van der Waals surface area contributed by atoms with Crippen LogP contribution in [-0.2, 0) is 25.4 Å². The maximum Gasteiger partial charge on any atom is 0.333 e. The van der Waals surface area contributed by atoms with Crippen molar-refractivity contribution in [3.63, 3.8) is 0 Å². The SMILES string of the molecule is CCOC1=CC=CC(C#C/C=C\COc2ccc(C[C@H](OCC)C(=O)O)cc2)(OCC)C1. The van der Waals surface area contributed by atoms with E-state index >= 15 is 0 Å². The number of aliphatic carboxylic acids is 1. The lowest BCUT2D eigenvalue weighted by Gasteiger charge is -2.28. The van der Waals surface area contributed by atoms with E-state index in [0.717, 1.165) is 11.3 Å². The molecule has 172 valence electrons. The maximum absolute atomic E-state index is 11.2. The van der Waals surface area contributed by atoms with Gasteiger partial charge in [0, 0.05) is 26.1 Å². The summed E-state index contributed by atoms with van der Waals surface area (Å²) in [5.41, 5.74) is 0.200. The smallest absolute Gasteiger partial charge is 0.333 e. The first-order valence-corrected chi connectivity index (χ1v) is 10.9. The molecule has 1 unspecified atom stereocenters. The summed E-state index contributed by atoms with van der Waals surface area (Å²) in [5.74, 6) is 6.83. The summed E-state index contributed by atoms with van der Waals surface area (Å²) in [5, 5.41) is 9.18. The Labute approximate surface area is 190 Å². The maximum atomic E-state index is 11.2. The van der Waals surface area contributed by atoms with Crippen LogP contribution in [0.1, 0.15) is 32.8 Å². The molecule has 0 spiro atoms. The quantitative estimate of drug-likeness (QED) is 0.488. The number of ether oxygens (including phenoxy) is 4. The van der Waals surface area contributed by atoms with Gasteiger partial charge in [-0.2, -0.15) is 0 Å². The molecule has 1 aliphatic carbocycles. The predicted octanol–water partition coefficient (Wildman–Crippen LogP) is 4.31. The van der Waals surface area contributed by atoms with E-state index in [4.69, 9.17) is 18.9 Å². The fraction of sp³-hybridized carbons (Fsp3) is 0.423. The molecule has 6 nitrogen and oxygen atoms in total. The molecular formula is C26H32O6. The highest BCUT2D eigenvalue weighted by Gasteiger charge is 2.29. The van der Waals surface area contributed by atoms with E-state index in [0.29, 0.717) is 45.0 Å². The van der Waals surface area contributed by atoms with Gasteiger partial charge in [0.2, 0.25) is 0 Å². The Balaban J connectivity index is 1.87. The van der Waals surface area contributed by atoms with Crippen LogP contribution in [0.4, 0.5) is 0 Å². The standard InChI is InChI=1S/C26H32O6/c1-4-29-23-11-10-17-26(20-23,32-6-3)16-8-7-9-18-31-22-14-12-21(13-15-22)19-24(25(27)28)30-5-2/h7,9-15,17,24H,4-6,18-20H2,1-3H3,(H,27,28)/b9-7-/t24-,26?/m0/s1. The Morgan fingerprint density at radius 1 is 1.16 bits per heavy atom. The summed E-state index contributed by atoms with van der Waals surface area (Å²) in [4.78, 5) is 11.2. The van der Waals surface area contributed by atoms with Crippen LogP contribution >= 0.6 is 0 Å². The number of rotatable bonds is 12. The van der Waals surface area contributed by atoms with Crippen LogP contribution in [0.3, 0.4) is 0 Å². The van der Waals surface area contributed by atoms with Crippen LogP contribution in [0.15, 0.2) is 60.4 Å². The molecule has 0 radical (unpaired) electrons. The Kier molecular flexibility index (Phi) is 10.6. The van der Waals surface area contributed by atoms with E-state index in [1.807, 2.05) is 62.4 Å². The minimum Gasteiger partial charge on any atom is -0.498 e. The van der Waals surface area contributed by atoms with Gasteiger partial charge in [-0.1, -0.05) is 30.0 Å². The van der Waals surface area contributed by atoms with E-state index in [1.54, 1.807) is 13.0 Å². The van der Waals surface area contributed by atoms with E-state index < -0.39 is 17.7 Å². The van der Waals surface area contributed by atoms with Crippen LogP contribution in [-0.4, -0.2) is 49.2 Å². The number of carboxylic acids is 1. The van der Waals surface area contributed by atoms with Gasteiger partial charge < -0.3 is 24.1 Å². The fourth-order valence-electron chi connectivity index (χ4n) is 3.22. The van der Waals surface area contributed by atoms with Gasteiger partial charge in [-0.15, -0.1) is 0 Å². The molecule has 0 fully saturated rings.